The highest BCUT2D eigenvalue weighted by molar-refractivity contribution is 8.13. The largest absolute Gasteiger partial charge is 0.350 e. The van der Waals surface area contributed by atoms with Gasteiger partial charge in [0.25, 0.3) is 9.05 Å². The van der Waals surface area contributed by atoms with Gasteiger partial charge in [0.05, 0.1) is 0 Å². The molecule has 1 amide bonds. The normalized spacial score (nSPS) is 12.8. The van der Waals surface area contributed by atoms with E-state index in [9.17, 15) is 13.2 Å². The van der Waals surface area contributed by atoms with Crippen molar-refractivity contribution in [2.45, 2.75) is 57.6 Å². The minimum absolute atomic E-state index is 0.00416. The van der Waals surface area contributed by atoms with Crippen molar-refractivity contribution >= 4 is 25.6 Å². The summed E-state index contributed by atoms with van der Waals surface area (Å²) in [6.07, 6.45) is 1.29. The van der Waals surface area contributed by atoms with Crippen LogP contribution in [0.5, 0.6) is 0 Å². The maximum Gasteiger partial charge on any atom is 0.280 e. The molecule has 0 spiro atoms. The van der Waals surface area contributed by atoms with Gasteiger partial charge in [-0.3, -0.25) is 4.79 Å². The van der Waals surface area contributed by atoms with Crippen LogP contribution in [0, 0.1) is 0 Å². The number of nitrogens with one attached hydrogen (secondary N) is 1. The van der Waals surface area contributed by atoms with Crippen LogP contribution < -0.4 is 5.32 Å². The molecule has 0 atom stereocenters. The van der Waals surface area contributed by atoms with E-state index >= 15 is 0 Å². The Bertz CT molecular complexity index is 600. The molecule has 0 aliphatic carbocycles. The van der Waals surface area contributed by atoms with Gasteiger partial charge < -0.3 is 9.88 Å². The number of nitrogens with zero attached hydrogens (tertiary/aromatic N) is 2. The molecule has 1 aromatic heterocycles. The van der Waals surface area contributed by atoms with E-state index < -0.39 is 9.05 Å². The number of aromatic nitrogens is 2. The zero-order valence-corrected chi connectivity index (χ0v) is 13.8. The molecule has 0 saturated heterocycles. The summed E-state index contributed by atoms with van der Waals surface area (Å²) in [5.74, 6) is 0.271. The molecular weight excluding hydrogens is 302 g/mol. The van der Waals surface area contributed by atoms with Crippen molar-refractivity contribution in [1.29, 1.82) is 0 Å². The molecule has 114 valence electrons. The molecule has 0 aromatic carbocycles. The van der Waals surface area contributed by atoms with E-state index in [1.54, 1.807) is 0 Å². The molecule has 0 bridgehead atoms. The van der Waals surface area contributed by atoms with Crippen LogP contribution in [0.2, 0.25) is 0 Å². The van der Waals surface area contributed by atoms with Crippen LogP contribution in [0.25, 0.3) is 0 Å². The molecule has 1 heterocycles. The minimum atomic E-state index is -3.90. The first-order valence-electron chi connectivity index (χ1n) is 6.23. The number of carbonyl (C=O) groups excluding carboxylic acids is 1. The van der Waals surface area contributed by atoms with Gasteiger partial charge in [-0.05, 0) is 20.8 Å². The van der Waals surface area contributed by atoms with E-state index in [-0.39, 0.29) is 28.9 Å². The van der Waals surface area contributed by atoms with Gasteiger partial charge in [0, 0.05) is 28.3 Å². The number of hydrogen-bond donors (Lipinski definition) is 1. The molecule has 0 unspecified atom stereocenters. The Balaban J connectivity index is 3.06. The Hall–Kier alpha value is -1.08. The first kappa shape index (κ1) is 17.0. The lowest BCUT2D eigenvalue weighted by atomic mass is 10.1. The molecular formula is C12H20ClN3O3S. The highest BCUT2D eigenvalue weighted by Gasteiger charge is 2.21. The average molecular weight is 322 g/mol. The average Bonchev–Trinajstić information content (AvgIpc) is 2.57. The number of halogens is 1. The summed E-state index contributed by atoms with van der Waals surface area (Å²) in [5, 5.41) is 2.58. The van der Waals surface area contributed by atoms with Gasteiger partial charge in [-0.25, -0.2) is 13.4 Å². The minimum Gasteiger partial charge on any atom is -0.350 e. The second-order valence-corrected chi connectivity index (χ2v) is 8.47. The van der Waals surface area contributed by atoms with Gasteiger partial charge >= 0.3 is 0 Å². The first-order valence-corrected chi connectivity index (χ1v) is 8.54. The van der Waals surface area contributed by atoms with Crippen molar-refractivity contribution in [3.05, 3.63) is 12.0 Å². The summed E-state index contributed by atoms with van der Waals surface area (Å²) in [6.45, 7) is 9.35. The van der Waals surface area contributed by atoms with Gasteiger partial charge in [0.1, 0.15) is 12.4 Å². The topological polar surface area (TPSA) is 81.1 Å². The zero-order valence-electron chi connectivity index (χ0n) is 12.3. The third kappa shape index (κ3) is 4.79. The second-order valence-electron chi connectivity index (χ2n) is 5.96. The van der Waals surface area contributed by atoms with E-state index in [2.05, 4.69) is 10.3 Å². The Morgan fingerprint density at radius 2 is 2.00 bits per heavy atom. The third-order valence-electron chi connectivity index (χ3n) is 2.38. The SMILES string of the molecule is CC(C)c1nc(S(=O)(=O)Cl)cn1CC(=O)NC(C)(C)C. The predicted octanol–water partition coefficient (Wildman–Crippen LogP) is 1.85. The molecule has 0 saturated carbocycles. The van der Waals surface area contributed by atoms with Crippen LogP contribution in [0.3, 0.4) is 0 Å². The van der Waals surface area contributed by atoms with E-state index in [0.29, 0.717) is 5.82 Å². The van der Waals surface area contributed by atoms with E-state index in [4.69, 9.17) is 10.7 Å². The van der Waals surface area contributed by atoms with Gasteiger partial charge in [0.15, 0.2) is 5.03 Å². The number of rotatable bonds is 4. The van der Waals surface area contributed by atoms with Crippen LogP contribution in [0.15, 0.2) is 11.2 Å². The van der Waals surface area contributed by atoms with E-state index in [1.807, 2.05) is 34.6 Å². The Kier molecular flexibility index (Phi) is 4.86. The molecule has 0 aliphatic rings. The molecule has 0 radical (unpaired) electrons. The van der Waals surface area contributed by atoms with E-state index in [1.165, 1.54) is 10.8 Å². The molecule has 1 rings (SSSR count). The van der Waals surface area contributed by atoms with Crippen molar-refractivity contribution in [3.63, 3.8) is 0 Å². The van der Waals surface area contributed by atoms with Crippen molar-refractivity contribution in [2.24, 2.45) is 0 Å². The number of carbonyl (C=O) groups is 1. The Morgan fingerprint density at radius 1 is 1.45 bits per heavy atom. The lowest BCUT2D eigenvalue weighted by molar-refractivity contribution is -0.123. The number of amides is 1. The van der Waals surface area contributed by atoms with Crippen LogP contribution in [-0.2, 0) is 20.4 Å². The Labute approximate surface area is 123 Å². The van der Waals surface area contributed by atoms with Crippen molar-refractivity contribution < 1.29 is 13.2 Å². The van der Waals surface area contributed by atoms with Crippen LogP contribution in [0.1, 0.15) is 46.4 Å². The molecule has 0 aliphatic heterocycles. The maximum absolute atomic E-state index is 11.9. The number of imidazole rings is 1. The maximum atomic E-state index is 11.9. The summed E-state index contributed by atoms with van der Waals surface area (Å²) in [7, 11) is 1.39. The molecule has 1 aromatic rings. The second kappa shape index (κ2) is 5.73. The summed E-state index contributed by atoms with van der Waals surface area (Å²) >= 11 is 0. The van der Waals surface area contributed by atoms with Gasteiger partial charge in [-0.1, -0.05) is 13.8 Å². The molecule has 20 heavy (non-hydrogen) atoms. The zero-order chi connectivity index (χ0) is 15.7. The lowest BCUT2D eigenvalue weighted by Crippen LogP contribution is -2.42. The molecule has 8 heteroatoms. The third-order valence-corrected chi connectivity index (χ3v) is 3.55. The predicted molar refractivity (Wildman–Crippen MR) is 77.3 cm³/mol. The van der Waals surface area contributed by atoms with Gasteiger partial charge in [-0.2, -0.15) is 0 Å². The summed E-state index contributed by atoms with van der Waals surface area (Å²) < 4.78 is 24.2. The van der Waals surface area contributed by atoms with Crippen LogP contribution in [0.4, 0.5) is 0 Å². The smallest absolute Gasteiger partial charge is 0.280 e. The fourth-order valence-electron chi connectivity index (χ4n) is 1.72. The lowest BCUT2D eigenvalue weighted by Gasteiger charge is -2.21. The summed E-state index contributed by atoms with van der Waals surface area (Å²) in [4.78, 5) is 15.9. The van der Waals surface area contributed by atoms with Crippen LogP contribution >= 0.6 is 10.7 Å². The van der Waals surface area contributed by atoms with Crippen molar-refractivity contribution in [2.75, 3.05) is 0 Å². The fraction of sp³-hybridized carbons (Fsp3) is 0.667. The molecule has 1 N–H and O–H groups in total. The van der Waals surface area contributed by atoms with E-state index in [0.717, 1.165) is 0 Å². The summed E-state index contributed by atoms with van der Waals surface area (Å²) in [5.41, 5.74) is -0.350. The monoisotopic (exact) mass is 321 g/mol. The highest BCUT2D eigenvalue weighted by Crippen LogP contribution is 2.19. The molecule has 6 nitrogen and oxygen atoms in total. The summed E-state index contributed by atoms with van der Waals surface area (Å²) in [6, 6.07) is 0. The first-order chi connectivity index (χ1) is 8.90. The van der Waals surface area contributed by atoms with Gasteiger partial charge in [-0.15, -0.1) is 0 Å². The highest BCUT2D eigenvalue weighted by atomic mass is 35.7. The van der Waals surface area contributed by atoms with Crippen LogP contribution in [-0.4, -0.2) is 29.4 Å². The fourth-order valence-corrected chi connectivity index (χ4v) is 2.40. The number of hydrogen-bond acceptors (Lipinski definition) is 4. The van der Waals surface area contributed by atoms with Crippen molar-refractivity contribution in [3.8, 4) is 0 Å². The van der Waals surface area contributed by atoms with Crippen molar-refractivity contribution in [1.82, 2.24) is 14.9 Å². The quantitative estimate of drug-likeness (QED) is 0.858. The Morgan fingerprint density at radius 3 is 2.40 bits per heavy atom. The standard InChI is InChI=1S/C12H20ClN3O3S/c1-8(2)11-14-10(20(13,18)19)7-16(11)6-9(17)15-12(3,4)5/h7-8H,6H2,1-5H3,(H,15,17). The van der Waals surface area contributed by atoms with Gasteiger partial charge in [0.2, 0.25) is 5.91 Å². The molecule has 0 fully saturated rings.